The number of aromatic nitrogens is 2. The van der Waals surface area contributed by atoms with Crippen LogP contribution in [0, 0.1) is 0 Å². The SMILES string of the molecule is CC(C)NCC(O)COc1cncc2[nH]c3cc4c(cc3c12)OCO4.Cl. The molecule has 8 heteroatoms. The first-order chi connectivity index (χ1) is 12.1. The molecule has 4 rings (SSSR count). The number of aromatic amines is 1. The molecule has 1 aromatic carbocycles. The zero-order chi connectivity index (χ0) is 17.4. The van der Waals surface area contributed by atoms with E-state index < -0.39 is 6.10 Å². The molecule has 0 spiro atoms. The maximum absolute atomic E-state index is 10.1. The van der Waals surface area contributed by atoms with Crippen molar-refractivity contribution in [2.75, 3.05) is 19.9 Å². The highest BCUT2D eigenvalue weighted by Crippen LogP contribution is 2.40. The van der Waals surface area contributed by atoms with Crippen LogP contribution in [0.1, 0.15) is 13.8 Å². The van der Waals surface area contributed by atoms with E-state index in [-0.39, 0.29) is 25.8 Å². The Morgan fingerprint density at radius 1 is 1.23 bits per heavy atom. The quantitative estimate of drug-likeness (QED) is 0.610. The van der Waals surface area contributed by atoms with E-state index in [1.807, 2.05) is 26.0 Å². The maximum atomic E-state index is 10.1. The summed E-state index contributed by atoms with van der Waals surface area (Å²) < 4.78 is 16.8. The van der Waals surface area contributed by atoms with Gasteiger partial charge in [0.05, 0.1) is 28.8 Å². The lowest BCUT2D eigenvalue weighted by molar-refractivity contribution is 0.105. The molecule has 0 saturated carbocycles. The third-order valence-corrected chi connectivity index (χ3v) is 4.16. The summed E-state index contributed by atoms with van der Waals surface area (Å²) in [6.07, 6.45) is 2.83. The lowest BCUT2D eigenvalue weighted by Crippen LogP contribution is -2.35. The Bertz CT molecular complexity index is 912. The fourth-order valence-corrected chi connectivity index (χ4v) is 2.94. The standard InChI is InChI=1S/C18H21N3O4.ClH/c1-10(2)20-5-11(22)8-23-17-7-19-6-14-18(17)12-3-15-16(25-9-24-15)4-13(12)21-14;/h3-4,6-7,10-11,20-22H,5,8-9H2,1-2H3;1H. The summed E-state index contributed by atoms with van der Waals surface area (Å²) in [6, 6.07) is 4.18. The van der Waals surface area contributed by atoms with Gasteiger partial charge >= 0.3 is 0 Å². The molecule has 1 aliphatic rings. The average Bonchev–Trinajstić information content (AvgIpc) is 3.19. The van der Waals surface area contributed by atoms with Crippen LogP contribution in [0.4, 0.5) is 0 Å². The van der Waals surface area contributed by atoms with Crippen LogP contribution in [-0.2, 0) is 0 Å². The van der Waals surface area contributed by atoms with Gasteiger partial charge in [0.2, 0.25) is 6.79 Å². The monoisotopic (exact) mass is 379 g/mol. The van der Waals surface area contributed by atoms with Crippen molar-refractivity contribution in [3.05, 3.63) is 24.5 Å². The van der Waals surface area contributed by atoms with Gasteiger partial charge in [0.15, 0.2) is 11.5 Å². The molecule has 7 nitrogen and oxygen atoms in total. The summed E-state index contributed by atoms with van der Waals surface area (Å²) in [5, 5.41) is 15.2. The van der Waals surface area contributed by atoms with E-state index in [0.29, 0.717) is 18.3 Å². The number of benzene rings is 1. The fourth-order valence-electron chi connectivity index (χ4n) is 2.94. The van der Waals surface area contributed by atoms with E-state index in [1.165, 1.54) is 0 Å². The first kappa shape index (κ1) is 18.6. The predicted octanol–water partition coefficient (Wildman–Crippen LogP) is 2.60. The molecule has 0 amide bonds. The molecule has 1 atom stereocenters. The first-order valence-corrected chi connectivity index (χ1v) is 8.35. The summed E-state index contributed by atoms with van der Waals surface area (Å²) >= 11 is 0. The van der Waals surface area contributed by atoms with Gasteiger partial charge in [-0.2, -0.15) is 0 Å². The van der Waals surface area contributed by atoms with Crippen molar-refractivity contribution in [1.82, 2.24) is 15.3 Å². The highest BCUT2D eigenvalue weighted by Gasteiger charge is 2.19. The van der Waals surface area contributed by atoms with Crippen LogP contribution in [0.5, 0.6) is 17.2 Å². The van der Waals surface area contributed by atoms with Crippen molar-refractivity contribution in [3.8, 4) is 17.2 Å². The Hall–Kier alpha value is -2.22. The van der Waals surface area contributed by atoms with Crippen LogP contribution in [0.25, 0.3) is 21.8 Å². The molecule has 0 radical (unpaired) electrons. The van der Waals surface area contributed by atoms with Crippen LogP contribution in [-0.4, -0.2) is 47.2 Å². The van der Waals surface area contributed by atoms with Gasteiger partial charge in [-0.3, -0.25) is 4.98 Å². The van der Waals surface area contributed by atoms with Gasteiger partial charge in [0.25, 0.3) is 0 Å². The predicted molar refractivity (Wildman–Crippen MR) is 102 cm³/mol. The highest BCUT2D eigenvalue weighted by atomic mass is 35.5. The number of hydrogen-bond acceptors (Lipinski definition) is 6. The van der Waals surface area contributed by atoms with Gasteiger partial charge in [-0.15, -0.1) is 12.4 Å². The van der Waals surface area contributed by atoms with Crippen molar-refractivity contribution >= 4 is 34.2 Å². The smallest absolute Gasteiger partial charge is 0.231 e. The van der Waals surface area contributed by atoms with Gasteiger partial charge < -0.3 is 29.6 Å². The van der Waals surface area contributed by atoms with E-state index in [9.17, 15) is 5.11 Å². The minimum atomic E-state index is -0.594. The summed E-state index contributed by atoms with van der Waals surface area (Å²) in [6.45, 7) is 4.98. The Balaban J connectivity index is 0.00000196. The molecular formula is C18H22ClN3O4. The molecule has 2 aromatic heterocycles. The number of aliphatic hydroxyl groups excluding tert-OH is 1. The van der Waals surface area contributed by atoms with E-state index in [4.69, 9.17) is 14.2 Å². The number of hydrogen-bond donors (Lipinski definition) is 3. The summed E-state index contributed by atoms with van der Waals surface area (Å²) in [5.74, 6) is 2.08. The fraction of sp³-hybridized carbons (Fsp3) is 0.389. The van der Waals surface area contributed by atoms with Gasteiger partial charge in [0.1, 0.15) is 18.5 Å². The summed E-state index contributed by atoms with van der Waals surface area (Å²) in [4.78, 5) is 7.55. The van der Waals surface area contributed by atoms with Gasteiger partial charge in [0, 0.05) is 24.0 Å². The molecule has 0 aliphatic carbocycles. The lowest BCUT2D eigenvalue weighted by atomic mass is 10.1. The molecule has 1 unspecified atom stereocenters. The molecule has 0 saturated heterocycles. The molecule has 0 fully saturated rings. The minimum Gasteiger partial charge on any atom is -0.488 e. The normalized spacial score (nSPS) is 14.0. The van der Waals surface area contributed by atoms with Crippen LogP contribution >= 0.6 is 12.4 Å². The molecule has 26 heavy (non-hydrogen) atoms. The second-order valence-electron chi connectivity index (χ2n) is 6.46. The number of halogens is 1. The van der Waals surface area contributed by atoms with Crippen molar-refractivity contribution in [1.29, 1.82) is 0 Å². The van der Waals surface area contributed by atoms with Crippen molar-refractivity contribution in [2.24, 2.45) is 0 Å². The number of pyridine rings is 1. The van der Waals surface area contributed by atoms with Gasteiger partial charge in [-0.05, 0) is 6.07 Å². The molecule has 0 bridgehead atoms. The van der Waals surface area contributed by atoms with Crippen molar-refractivity contribution in [2.45, 2.75) is 26.0 Å². The molecule has 3 heterocycles. The van der Waals surface area contributed by atoms with E-state index in [0.717, 1.165) is 33.3 Å². The third kappa shape index (κ3) is 3.51. The van der Waals surface area contributed by atoms with Crippen molar-refractivity contribution < 1.29 is 19.3 Å². The van der Waals surface area contributed by atoms with E-state index in [1.54, 1.807) is 12.4 Å². The second-order valence-corrected chi connectivity index (χ2v) is 6.46. The third-order valence-electron chi connectivity index (χ3n) is 4.16. The number of rotatable bonds is 6. The number of H-pyrrole nitrogens is 1. The second kappa shape index (κ2) is 7.57. The molecule has 3 aromatic rings. The van der Waals surface area contributed by atoms with Crippen LogP contribution in [0.2, 0.25) is 0 Å². The zero-order valence-corrected chi connectivity index (χ0v) is 15.4. The Morgan fingerprint density at radius 3 is 2.77 bits per heavy atom. The molecular weight excluding hydrogens is 358 g/mol. The molecule has 1 aliphatic heterocycles. The summed E-state index contributed by atoms with van der Waals surface area (Å²) in [7, 11) is 0. The minimum absolute atomic E-state index is 0. The Kier molecular flexibility index (Phi) is 5.41. The topological polar surface area (TPSA) is 88.6 Å². The molecule has 140 valence electrons. The summed E-state index contributed by atoms with van der Waals surface area (Å²) in [5.41, 5.74) is 1.80. The average molecular weight is 380 g/mol. The highest BCUT2D eigenvalue weighted by molar-refractivity contribution is 6.11. The number of ether oxygens (including phenoxy) is 3. The number of nitrogens with one attached hydrogen (secondary N) is 2. The van der Waals surface area contributed by atoms with Gasteiger partial charge in [-0.1, -0.05) is 13.8 Å². The Labute approximate surface area is 157 Å². The Morgan fingerprint density at radius 2 is 2.00 bits per heavy atom. The van der Waals surface area contributed by atoms with E-state index in [2.05, 4.69) is 15.3 Å². The van der Waals surface area contributed by atoms with Crippen LogP contribution < -0.4 is 19.5 Å². The van der Waals surface area contributed by atoms with Crippen LogP contribution in [0.3, 0.4) is 0 Å². The lowest BCUT2D eigenvalue weighted by Gasteiger charge is -2.15. The first-order valence-electron chi connectivity index (χ1n) is 8.35. The van der Waals surface area contributed by atoms with Crippen LogP contribution in [0.15, 0.2) is 24.5 Å². The van der Waals surface area contributed by atoms with Crippen molar-refractivity contribution in [3.63, 3.8) is 0 Å². The number of aliphatic hydroxyl groups is 1. The number of fused-ring (bicyclic) bond motifs is 4. The number of nitrogens with zero attached hydrogens (tertiary/aromatic N) is 1. The van der Waals surface area contributed by atoms with Gasteiger partial charge in [-0.25, -0.2) is 0 Å². The maximum Gasteiger partial charge on any atom is 0.231 e. The van der Waals surface area contributed by atoms with E-state index >= 15 is 0 Å². The molecule has 3 N–H and O–H groups in total. The zero-order valence-electron chi connectivity index (χ0n) is 14.6. The largest absolute Gasteiger partial charge is 0.488 e.